The standard InChI is InChI=1S/C25H31N3O3/c1-15(2)19-8-7-9-20(16(3)4)22(19)26-21(29)14-28-23(30)25(6,27-24(28)31)18-12-10-17(5)11-13-18/h7-13,15-16H,14H2,1-6H3,(H,26,29)(H,27,31). The summed E-state index contributed by atoms with van der Waals surface area (Å²) >= 11 is 0. The number of carbonyl (C=O) groups excluding carboxylic acids is 3. The molecule has 0 radical (unpaired) electrons. The van der Waals surface area contributed by atoms with Gasteiger partial charge in [-0.2, -0.15) is 0 Å². The van der Waals surface area contributed by atoms with Crippen molar-refractivity contribution in [2.45, 2.75) is 58.9 Å². The predicted octanol–water partition coefficient (Wildman–Crippen LogP) is 4.65. The van der Waals surface area contributed by atoms with Crippen LogP contribution in [0.2, 0.25) is 0 Å². The van der Waals surface area contributed by atoms with E-state index in [0.717, 1.165) is 27.3 Å². The first-order valence-electron chi connectivity index (χ1n) is 10.7. The Morgan fingerprint density at radius 3 is 2.06 bits per heavy atom. The van der Waals surface area contributed by atoms with Crippen molar-refractivity contribution in [2.24, 2.45) is 0 Å². The van der Waals surface area contributed by atoms with Crippen LogP contribution in [0.4, 0.5) is 10.5 Å². The van der Waals surface area contributed by atoms with Gasteiger partial charge in [-0.1, -0.05) is 75.7 Å². The largest absolute Gasteiger partial charge is 0.325 e. The lowest BCUT2D eigenvalue weighted by Crippen LogP contribution is -2.42. The number of nitrogens with one attached hydrogen (secondary N) is 2. The van der Waals surface area contributed by atoms with Gasteiger partial charge in [-0.05, 0) is 42.4 Å². The Hall–Kier alpha value is -3.15. The van der Waals surface area contributed by atoms with E-state index in [1.807, 2.05) is 49.4 Å². The SMILES string of the molecule is Cc1ccc(C2(C)NC(=O)N(CC(=O)Nc3c(C(C)C)cccc3C(C)C)C2=O)cc1. The van der Waals surface area contributed by atoms with Crippen LogP contribution in [0.5, 0.6) is 0 Å². The van der Waals surface area contributed by atoms with E-state index < -0.39 is 23.4 Å². The summed E-state index contributed by atoms with van der Waals surface area (Å²) in [5.41, 5.74) is 3.38. The zero-order chi connectivity index (χ0) is 22.9. The van der Waals surface area contributed by atoms with E-state index in [9.17, 15) is 14.4 Å². The highest BCUT2D eigenvalue weighted by Crippen LogP contribution is 2.33. The first-order chi connectivity index (χ1) is 14.5. The number of hydrogen-bond donors (Lipinski definition) is 2. The van der Waals surface area contributed by atoms with Crippen LogP contribution in [0.1, 0.15) is 68.7 Å². The molecule has 1 fully saturated rings. The Labute approximate surface area is 184 Å². The van der Waals surface area contributed by atoms with Crippen LogP contribution in [0.15, 0.2) is 42.5 Å². The number of aryl methyl sites for hydroxylation is 1. The molecule has 0 bridgehead atoms. The number of imide groups is 1. The van der Waals surface area contributed by atoms with Gasteiger partial charge in [0.15, 0.2) is 0 Å². The second-order valence-electron chi connectivity index (χ2n) is 8.98. The Bertz CT molecular complexity index is 985. The van der Waals surface area contributed by atoms with Gasteiger partial charge in [-0.15, -0.1) is 0 Å². The molecule has 6 nitrogen and oxygen atoms in total. The maximum Gasteiger partial charge on any atom is 0.325 e. The van der Waals surface area contributed by atoms with Crippen molar-refractivity contribution < 1.29 is 14.4 Å². The first-order valence-corrected chi connectivity index (χ1v) is 10.7. The number of hydrogen-bond acceptors (Lipinski definition) is 3. The van der Waals surface area contributed by atoms with Gasteiger partial charge in [0.1, 0.15) is 12.1 Å². The Kier molecular flexibility index (Phi) is 6.20. The molecule has 0 saturated carbocycles. The number of nitrogens with zero attached hydrogens (tertiary/aromatic N) is 1. The van der Waals surface area contributed by atoms with Crippen molar-refractivity contribution >= 4 is 23.5 Å². The molecule has 0 spiro atoms. The molecule has 1 aliphatic heterocycles. The maximum absolute atomic E-state index is 13.1. The fourth-order valence-corrected chi connectivity index (χ4v) is 3.94. The predicted molar refractivity (Wildman–Crippen MR) is 122 cm³/mol. The molecule has 1 saturated heterocycles. The number of para-hydroxylation sites is 1. The molecule has 31 heavy (non-hydrogen) atoms. The third-order valence-corrected chi connectivity index (χ3v) is 5.84. The molecule has 1 unspecified atom stereocenters. The minimum Gasteiger partial charge on any atom is -0.324 e. The molecule has 2 aromatic carbocycles. The summed E-state index contributed by atoms with van der Waals surface area (Å²) in [4.78, 5) is 39.6. The zero-order valence-corrected chi connectivity index (χ0v) is 19.1. The van der Waals surface area contributed by atoms with Crippen LogP contribution in [0, 0.1) is 6.92 Å². The van der Waals surface area contributed by atoms with E-state index in [2.05, 4.69) is 38.3 Å². The summed E-state index contributed by atoms with van der Waals surface area (Å²) in [5.74, 6) is -0.393. The number of benzene rings is 2. The molecule has 1 heterocycles. The van der Waals surface area contributed by atoms with Gasteiger partial charge in [0.2, 0.25) is 5.91 Å². The third-order valence-electron chi connectivity index (χ3n) is 5.84. The Morgan fingerprint density at radius 1 is 1.00 bits per heavy atom. The molecule has 6 heteroatoms. The van der Waals surface area contributed by atoms with Crippen LogP contribution in [-0.2, 0) is 15.1 Å². The summed E-state index contributed by atoms with van der Waals surface area (Å²) < 4.78 is 0. The number of anilines is 1. The van der Waals surface area contributed by atoms with Gasteiger partial charge in [-0.3, -0.25) is 14.5 Å². The highest BCUT2D eigenvalue weighted by Gasteiger charge is 2.49. The monoisotopic (exact) mass is 421 g/mol. The van der Waals surface area contributed by atoms with E-state index in [4.69, 9.17) is 0 Å². The van der Waals surface area contributed by atoms with Gasteiger partial charge < -0.3 is 10.6 Å². The lowest BCUT2D eigenvalue weighted by atomic mass is 9.91. The number of carbonyl (C=O) groups is 3. The lowest BCUT2D eigenvalue weighted by Gasteiger charge is -2.23. The molecule has 1 aliphatic rings. The molecule has 2 aromatic rings. The molecule has 4 amide bonds. The van der Waals surface area contributed by atoms with E-state index in [0.29, 0.717) is 5.56 Å². The van der Waals surface area contributed by atoms with Crippen LogP contribution >= 0.6 is 0 Å². The van der Waals surface area contributed by atoms with Crippen molar-refractivity contribution in [2.75, 3.05) is 11.9 Å². The van der Waals surface area contributed by atoms with Crippen molar-refractivity contribution in [3.63, 3.8) is 0 Å². The molecular formula is C25H31N3O3. The third kappa shape index (κ3) is 4.33. The maximum atomic E-state index is 13.1. The van der Waals surface area contributed by atoms with E-state index in [1.54, 1.807) is 6.92 Å². The Balaban J connectivity index is 1.83. The summed E-state index contributed by atoms with van der Waals surface area (Å²) in [6.45, 7) is 11.6. The topological polar surface area (TPSA) is 78.5 Å². The minimum atomic E-state index is -1.19. The number of amides is 4. The summed E-state index contributed by atoms with van der Waals surface area (Å²) in [6, 6.07) is 12.9. The Morgan fingerprint density at radius 2 is 1.55 bits per heavy atom. The van der Waals surface area contributed by atoms with Gasteiger partial charge >= 0.3 is 6.03 Å². The highest BCUT2D eigenvalue weighted by molar-refractivity contribution is 6.10. The molecule has 3 rings (SSSR count). The molecule has 1 atom stereocenters. The summed E-state index contributed by atoms with van der Waals surface area (Å²) in [5, 5.41) is 5.72. The van der Waals surface area contributed by atoms with Crippen LogP contribution in [-0.4, -0.2) is 29.3 Å². The number of urea groups is 1. The first kappa shape index (κ1) is 22.5. The molecule has 2 N–H and O–H groups in total. The lowest BCUT2D eigenvalue weighted by molar-refractivity contribution is -0.133. The quantitative estimate of drug-likeness (QED) is 0.667. The van der Waals surface area contributed by atoms with E-state index in [1.165, 1.54) is 0 Å². The molecule has 0 aromatic heterocycles. The van der Waals surface area contributed by atoms with Crippen LogP contribution in [0.25, 0.3) is 0 Å². The highest BCUT2D eigenvalue weighted by atomic mass is 16.2. The molecule has 164 valence electrons. The normalized spacial score (nSPS) is 18.6. The van der Waals surface area contributed by atoms with Crippen LogP contribution < -0.4 is 10.6 Å². The summed E-state index contributed by atoms with van der Waals surface area (Å²) in [7, 11) is 0. The van der Waals surface area contributed by atoms with E-state index in [-0.39, 0.29) is 18.4 Å². The molecular weight excluding hydrogens is 390 g/mol. The van der Waals surface area contributed by atoms with E-state index >= 15 is 0 Å². The smallest absolute Gasteiger partial charge is 0.324 e. The fraction of sp³-hybridized carbons (Fsp3) is 0.400. The second-order valence-corrected chi connectivity index (χ2v) is 8.98. The van der Waals surface area contributed by atoms with Crippen molar-refractivity contribution in [1.29, 1.82) is 0 Å². The van der Waals surface area contributed by atoms with Crippen molar-refractivity contribution in [3.05, 3.63) is 64.7 Å². The van der Waals surface area contributed by atoms with Crippen molar-refractivity contribution in [1.82, 2.24) is 10.2 Å². The average Bonchev–Trinajstić information content (AvgIpc) is 2.92. The van der Waals surface area contributed by atoms with Gasteiger partial charge in [0, 0.05) is 5.69 Å². The average molecular weight is 422 g/mol. The number of rotatable bonds is 6. The zero-order valence-electron chi connectivity index (χ0n) is 19.1. The fourth-order valence-electron chi connectivity index (χ4n) is 3.94. The molecule has 0 aliphatic carbocycles. The van der Waals surface area contributed by atoms with Gasteiger partial charge in [0.25, 0.3) is 5.91 Å². The van der Waals surface area contributed by atoms with Gasteiger partial charge in [-0.25, -0.2) is 4.79 Å². The second kappa shape index (κ2) is 8.53. The summed E-state index contributed by atoms with van der Waals surface area (Å²) in [6.07, 6.45) is 0. The van der Waals surface area contributed by atoms with Crippen LogP contribution in [0.3, 0.4) is 0 Å². The van der Waals surface area contributed by atoms with Crippen molar-refractivity contribution in [3.8, 4) is 0 Å². The van der Waals surface area contributed by atoms with Gasteiger partial charge in [0.05, 0.1) is 0 Å². The minimum absolute atomic E-state index is 0.218.